The largest absolute Gasteiger partial charge is 0.423 e. The summed E-state index contributed by atoms with van der Waals surface area (Å²) in [6.07, 6.45) is 8.21. The Hall–Kier alpha value is -0.900. The number of aromatic nitrogens is 2. The molecule has 4 saturated carbocycles. The van der Waals surface area contributed by atoms with E-state index in [2.05, 4.69) is 22.4 Å². The molecule has 0 aliphatic heterocycles. The van der Waals surface area contributed by atoms with Crippen LogP contribution in [0, 0.1) is 17.8 Å². The second-order valence-corrected chi connectivity index (χ2v) is 7.15. The molecule has 4 fully saturated rings. The molecule has 0 aromatic carbocycles. The van der Waals surface area contributed by atoms with Crippen molar-refractivity contribution in [1.82, 2.24) is 15.5 Å². The first-order valence-corrected chi connectivity index (χ1v) is 7.70. The molecule has 4 heteroatoms. The van der Waals surface area contributed by atoms with E-state index in [0.29, 0.717) is 0 Å². The van der Waals surface area contributed by atoms with Crippen LogP contribution in [0.1, 0.15) is 63.3 Å². The van der Waals surface area contributed by atoms with E-state index in [-0.39, 0.29) is 11.5 Å². The normalized spacial score (nSPS) is 41.7. The molecular weight excluding hydrogens is 238 g/mol. The summed E-state index contributed by atoms with van der Waals surface area (Å²) < 4.78 is 6.04. The van der Waals surface area contributed by atoms with Crippen LogP contribution in [-0.2, 0) is 5.41 Å². The number of rotatable bonds is 3. The SMILES string of the molecule is CNC(C)c1nnc(C23CC4CC(CC(C4)C2)C3)o1. The van der Waals surface area contributed by atoms with E-state index in [4.69, 9.17) is 4.42 Å². The van der Waals surface area contributed by atoms with E-state index in [0.717, 1.165) is 29.5 Å². The van der Waals surface area contributed by atoms with Crippen LogP contribution in [0.15, 0.2) is 4.42 Å². The third kappa shape index (κ3) is 1.76. The third-order valence-electron chi connectivity index (χ3n) is 5.74. The van der Waals surface area contributed by atoms with Crippen LogP contribution in [0.2, 0.25) is 0 Å². The van der Waals surface area contributed by atoms with Gasteiger partial charge in [-0.05, 0) is 70.3 Å². The second-order valence-electron chi connectivity index (χ2n) is 7.15. The Kier molecular flexibility index (Phi) is 2.53. The van der Waals surface area contributed by atoms with Crippen LogP contribution in [0.25, 0.3) is 0 Å². The summed E-state index contributed by atoms with van der Waals surface area (Å²) in [5.41, 5.74) is 0.230. The molecular formula is C15H23N3O. The van der Waals surface area contributed by atoms with Crippen molar-refractivity contribution in [3.8, 4) is 0 Å². The molecule has 1 N–H and O–H groups in total. The minimum Gasteiger partial charge on any atom is -0.423 e. The van der Waals surface area contributed by atoms with Gasteiger partial charge in [0.2, 0.25) is 11.8 Å². The van der Waals surface area contributed by atoms with Crippen molar-refractivity contribution >= 4 is 0 Å². The van der Waals surface area contributed by atoms with Crippen molar-refractivity contribution in [2.45, 2.75) is 56.9 Å². The first-order chi connectivity index (χ1) is 9.18. The zero-order chi connectivity index (χ0) is 13.0. The van der Waals surface area contributed by atoms with Crippen LogP contribution in [-0.4, -0.2) is 17.2 Å². The van der Waals surface area contributed by atoms with Gasteiger partial charge in [0.25, 0.3) is 0 Å². The molecule has 1 heterocycles. The maximum absolute atomic E-state index is 6.04. The predicted octanol–water partition coefficient (Wildman–Crippen LogP) is 2.82. The molecule has 19 heavy (non-hydrogen) atoms. The van der Waals surface area contributed by atoms with E-state index in [1.54, 1.807) is 0 Å². The minimum absolute atomic E-state index is 0.148. The summed E-state index contributed by atoms with van der Waals surface area (Å²) in [5.74, 6) is 4.44. The standard InChI is InChI=1S/C15H23N3O/c1-9(16-2)13-17-18-14(19-13)15-6-10-3-11(7-15)5-12(4-10)8-15/h9-12,16H,3-8H2,1-2H3. The second kappa shape index (κ2) is 4.05. The third-order valence-corrected chi connectivity index (χ3v) is 5.74. The Labute approximate surface area is 114 Å². The number of nitrogens with one attached hydrogen (secondary N) is 1. The minimum atomic E-state index is 0.148. The topological polar surface area (TPSA) is 51.0 Å². The smallest absolute Gasteiger partial charge is 0.233 e. The summed E-state index contributed by atoms with van der Waals surface area (Å²) in [4.78, 5) is 0. The van der Waals surface area contributed by atoms with E-state index in [9.17, 15) is 0 Å². The van der Waals surface area contributed by atoms with Gasteiger partial charge in [-0.3, -0.25) is 0 Å². The molecule has 1 aromatic heterocycles. The van der Waals surface area contributed by atoms with Crippen molar-refractivity contribution in [2.24, 2.45) is 17.8 Å². The highest BCUT2D eigenvalue weighted by atomic mass is 16.4. The fourth-order valence-corrected chi connectivity index (χ4v) is 5.12. The van der Waals surface area contributed by atoms with Gasteiger partial charge in [-0.2, -0.15) is 0 Å². The zero-order valence-corrected chi connectivity index (χ0v) is 11.9. The van der Waals surface area contributed by atoms with E-state index >= 15 is 0 Å². The predicted molar refractivity (Wildman–Crippen MR) is 71.6 cm³/mol. The van der Waals surface area contributed by atoms with Gasteiger partial charge in [0.1, 0.15) is 0 Å². The van der Waals surface area contributed by atoms with Gasteiger partial charge in [-0.25, -0.2) is 0 Å². The molecule has 5 rings (SSSR count). The van der Waals surface area contributed by atoms with E-state index in [1.165, 1.54) is 38.5 Å². The number of hydrogen-bond acceptors (Lipinski definition) is 4. The highest BCUT2D eigenvalue weighted by molar-refractivity contribution is 5.15. The van der Waals surface area contributed by atoms with Gasteiger partial charge in [-0.1, -0.05) is 0 Å². The van der Waals surface area contributed by atoms with Crippen LogP contribution in [0.4, 0.5) is 0 Å². The Morgan fingerprint density at radius 2 is 1.68 bits per heavy atom. The molecule has 0 spiro atoms. The number of nitrogens with zero attached hydrogens (tertiary/aromatic N) is 2. The van der Waals surface area contributed by atoms with Crippen LogP contribution < -0.4 is 5.32 Å². The number of hydrogen-bond donors (Lipinski definition) is 1. The maximum Gasteiger partial charge on any atom is 0.233 e. The fraction of sp³-hybridized carbons (Fsp3) is 0.867. The summed E-state index contributed by atoms with van der Waals surface area (Å²) in [5, 5.41) is 11.9. The summed E-state index contributed by atoms with van der Waals surface area (Å²) in [6, 6.07) is 0.148. The average molecular weight is 261 g/mol. The molecule has 0 radical (unpaired) electrons. The van der Waals surface area contributed by atoms with Crippen LogP contribution in [0.5, 0.6) is 0 Å². The van der Waals surface area contributed by atoms with Crippen molar-refractivity contribution in [1.29, 1.82) is 0 Å². The Morgan fingerprint density at radius 3 is 2.21 bits per heavy atom. The zero-order valence-electron chi connectivity index (χ0n) is 11.9. The Morgan fingerprint density at radius 1 is 1.11 bits per heavy atom. The van der Waals surface area contributed by atoms with Gasteiger partial charge in [0.05, 0.1) is 6.04 Å². The fourth-order valence-electron chi connectivity index (χ4n) is 5.12. The molecule has 4 aliphatic carbocycles. The summed E-state index contributed by atoms with van der Waals surface area (Å²) >= 11 is 0. The van der Waals surface area contributed by atoms with Crippen molar-refractivity contribution in [3.05, 3.63) is 11.8 Å². The molecule has 1 aromatic rings. The van der Waals surface area contributed by atoms with Crippen LogP contribution in [0.3, 0.4) is 0 Å². The average Bonchev–Trinajstić information content (AvgIpc) is 2.86. The molecule has 1 atom stereocenters. The van der Waals surface area contributed by atoms with Gasteiger partial charge in [0.15, 0.2) is 0 Å². The lowest BCUT2D eigenvalue weighted by Crippen LogP contribution is -2.48. The highest BCUT2D eigenvalue weighted by Crippen LogP contribution is 2.60. The first kappa shape index (κ1) is 11.9. The maximum atomic E-state index is 6.04. The summed E-state index contributed by atoms with van der Waals surface area (Å²) in [6.45, 7) is 2.07. The lowest BCUT2D eigenvalue weighted by atomic mass is 9.49. The Balaban J connectivity index is 1.66. The highest BCUT2D eigenvalue weighted by Gasteiger charge is 2.54. The van der Waals surface area contributed by atoms with Crippen LogP contribution >= 0.6 is 0 Å². The lowest BCUT2D eigenvalue weighted by molar-refractivity contribution is -0.0184. The first-order valence-electron chi connectivity index (χ1n) is 7.70. The molecule has 4 nitrogen and oxygen atoms in total. The Bertz CT molecular complexity index is 446. The van der Waals surface area contributed by atoms with Gasteiger partial charge < -0.3 is 9.73 Å². The van der Waals surface area contributed by atoms with Gasteiger partial charge >= 0.3 is 0 Å². The lowest BCUT2D eigenvalue weighted by Gasteiger charge is -2.55. The molecule has 0 amide bonds. The van der Waals surface area contributed by atoms with E-state index in [1.807, 2.05) is 7.05 Å². The molecule has 1 unspecified atom stereocenters. The van der Waals surface area contributed by atoms with Crippen molar-refractivity contribution in [3.63, 3.8) is 0 Å². The summed E-state index contributed by atoms with van der Waals surface area (Å²) in [7, 11) is 1.93. The monoisotopic (exact) mass is 261 g/mol. The van der Waals surface area contributed by atoms with Crippen molar-refractivity contribution in [2.75, 3.05) is 7.05 Å². The van der Waals surface area contributed by atoms with E-state index < -0.39 is 0 Å². The van der Waals surface area contributed by atoms with Gasteiger partial charge in [-0.15, -0.1) is 10.2 Å². The molecule has 0 saturated heterocycles. The molecule has 4 aliphatic rings. The molecule has 4 bridgehead atoms. The molecule has 104 valence electrons. The van der Waals surface area contributed by atoms with Crippen molar-refractivity contribution < 1.29 is 4.42 Å². The quantitative estimate of drug-likeness (QED) is 0.909. The van der Waals surface area contributed by atoms with Gasteiger partial charge in [0, 0.05) is 5.41 Å².